The molecule has 0 saturated carbocycles. The molecule has 0 spiro atoms. The van der Waals surface area contributed by atoms with Gasteiger partial charge in [-0.25, -0.2) is 0 Å². The van der Waals surface area contributed by atoms with E-state index in [0.29, 0.717) is 17.3 Å². The van der Waals surface area contributed by atoms with Gasteiger partial charge in [0.1, 0.15) is 0 Å². The number of aromatic nitrogens is 4. The lowest BCUT2D eigenvalue weighted by atomic mass is 10.3. The van der Waals surface area contributed by atoms with Gasteiger partial charge in [-0.3, -0.25) is 0 Å². The van der Waals surface area contributed by atoms with E-state index in [1.54, 1.807) is 24.3 Å². The molecule has 5 nitrogen and oxygen atoms in total. The molecule has 1 heterocycles. The summed E-state index contributed by atoms with van der Waals surface area (Å²) in [4.78, 5) is 1.40. The topological polar surface area (TPSA) is 63.8 Å². The predicted molar refractivity (Wildman–Crippen MR) is 55.0 cm³/mol. The van der Waals surface area contributed by atoms with Crippen LogP contribution in [0.25, 0.3) is 5.69 Å². The fourth-order valence-corrected chi connectivity index (χ4v) is 1.25. The largest absolute Gasteiger partial charge is 0.396 e. The fraction of sp³-hybridized carbons (Fsp3) is 0.222. The highest BCUT2D eigenvalue weighted by atomic mass is 35.5. The molecule has 0 radical (unpaired) electrons. The molecule has 0 atom stereocenters. The van der Waals surface area contributed by atoms with Crippen LogP contribution in [0.2, 0.25) is 5.02 Å². The number of nitrogens with zero attached hydrogens (tertiary/aromatic N) is 4. The molecule has 0 aliphatic rings. The van der Waals surface area contributed by atoms with Crippen molar-refractivity contribution in [3.05, 3.63) is 35.1 Å². The second kappa shape index (κ2) is 4.37. The highest BCUT2D eigenvalue weighted by molar-refractivity contribution is 6.30. The first-order chi connectivity index (χ1) is 7.29. The van der Waals surface area contributed by atoms with Gasteiger partial charge in [-0.05, 0) is 29.5 Å². The number of halogens is 1. The number of tetrazole rings is 1. The van der Waals surface area contributed by atoms with E-state index in [0.717, 1.165) is 5.69 Å². The maximum absolute atomic E-state index is 8.70. The molecule has 1 aromatic carbocycles. The van der Waals surface area contributed by atoms with E-state index in [2.05, 4.69) is 15.4 Å². The van der Waals surface area contributed by atoms with Crippen LogP contribution < -0.4 is 0 Å². The van der Waals surface area contributed by atoms with E-state index in [1.807, 2.05) is 0 Å². The minimum Gasteiger partial charge on any atom is -0.396 e. The summed E-state index contributed by atoms with van der Waals surface area (Å²) in [5.74, 6) is 0.521. The van der Waals surface area contributed by atoms with Gasteiger partial charge in [-0.2, -0.15) is 0 Å². The van der Waals surface area contributed by atoms with Crippen molar-refractivity contribution in [2.24, 2.45) is 0 Å². The molecule has 0 amide bonds. The first-order valence-corrected chi connectivity index (χ1v) is 4.83. The maximum atomic E-state index is 8.70. The zero-order valence-electron chi connectivity index (χ0n) is 7.84. The van der Waals surface area contributed by atoms with Crippen molar-refractivity contribution in [1.29, 1.82) is 0 Å². The fourth-order valence-electron chi connectivity index (χ4n) is 1.13. The Bertz CT molecular complexity index is 440. The minimum atomic E-state index is 0.0201. The molecule has 0 saturated heterocycles. The SMILES string of the molecule is OCCc1nnn(-c2ccc(Cl)cc2)n1. The van der Waals surface area contributed by atoms with Gasteiger partial charge in [0.25, 0.3) is 0 Å². The minimum absolute atomic E-state index is 0.0201. The van der Waals surface area contributed by atoms with E-state index in [-0.39, 0.29) is 6.61 Å². The number of rotatable bonds is 3. The van der Waals surface area contributed by atoms with Gasteiger partial charge in [-0.15, -0.1) is 15.0 Å². The summed E-state index contributed by atoms with van der Waals surface area (Å²) in [6.07, 6.45) is 0.410. The van der Waals surface area contributed by atoms with Crippen LogP contribution in [-0.2, 0) is 6.42 Å². The second-order valence-corrected chi connectivity index (χ2v) is 3.38. The number of hydrogen-bond acceptors (Lipinski definition) is 4. The average Bonchev–Trinajstić information content (AvgIpc) is 2.68. The molecule has 0 aliphatic heterocycles. The van der Waals surface area contributed by atoms with Gasteiger partial charge in [0.15, 0.2) is 5.82 Å². The summed E-state index contributed by atoms with van der Waals surface area (Å²) < 4.78 is 0. The average molecular weight is 225 g/mol. The Balaban J connectivity index is 2.25. The smallest absolute Gasteiger partial charge is 0.177 e. The van der Waals surface area contributed by atoms with Crippen molar-refractivity contribution in [2.75, 3.05) is 6.61 Å². The molecule has 1 aromatic heterocycles. The summed E-state index contributed by atoms with van der Waals surface area (Å²) in [6, 6.07) is 7.11. The molecule has 2 rings (SSSR count). The van der Waals surface area contributed by atoms with Gasteiger partial charge < -0.3 is 5.11 Å². The summed E-state index contributed by atoms with van der Waals surface area (Å²) in [7, 11) is 0. The molecule has 6 heteroatoms. The number of benzene rings is 1. The summed E-state index contributed by atoms with van der Waals surface area (Å²) >= 11 is 5.76. The second-order valence-electron chi connectivity index (χ2n) is 2.95. The predicted octanol–water partition coefficient (Wildman–Crippen LogP) is 0.851. The van der Waals surface area contributed by atoms with Gasteiger partial charge in [-0.1, -0.05) is 11.6 Å². The van der Waals surface area contributed by atoms with E-state index >= 15 is 0 Å². The molecule has 0 unspecified atom stereocenters. The van der Waals surface area contributed by atoms with E-state index in [4.69, 9.17) is 16.7 Å². The van der Waals surface area contributed by atoms with Crippen LogP contribution in [-0.4, -0.2) is 31.9 Å². The normalized spacial score (nSPS) is 10.5. The summed E-state index contributed by atoms with van der Waals surface area (Å²) in [5.41, 5.74) is 0.788. The van der Waals surface area contributed by atoms with E-state index in [1.165, 1.54) is 4.80 Å². The maximum Gasteiger partial charge on any atom is 0.177 e. The van der Waals surface area contributed by atoms with Crippen molar-refractivity contribution in [1.82, 2.24) is 20.2 Å². The van der Waals surface area contributed by atoms with Crippen molar-refractivity contribution in [3.63, 3.8) is 0 Å². The van der Waals surface area contributed by atoms with Gasteiger partial charge in [0.05, 0.1) is 12.3 Å². The Labute approximate surface area is 91.3 Å². The number of aliphatic hydroxyl groups excluding tert-OH is 1. The Morgan fingerprint density at radius 2 is 2.00 bits per heavy atom. The lowest BCUT2D eigenvalue weighted by molar-refractivity contribution is 0.296. The van der Waals surface area contributed by atoms with Crippen LogP contribution in [0.4, 0.5) is 0 Å². The summed E-state index contributed by atoms with van der Waals surface area (Å²) in [5, 5.41) is 21.1. The summed E-state index contributed by atoms with van der Waals surface area (Å²) in [6.45, 7) is 0.0201. The third kappa shape index (κ3) is 2.31. The van der Waals surface area contributed by atoms with Gasteiger partial charge in [0, 0.05) is 11.4 Å². The van der Waals surface area contributed by atoms with Crippen molar-refractivity contribution >= 4 is 11.6 Å². The Morgan fingerprint density at radius 3 is 2.67 bits per heavy atom. The molecule has 0 bridgehead atoms. The molecular formula is C9H9ClN4O. The molecule has 0 aliphatic carbocycles. The van der Waals surface area contributed by atoms with Crippen molar-refractivity contribution in [3.8, 4) is 5.69 Å². The Kier molecular flexibility index (Phi) is 2.94. The lowest BCUT2D eigenvalue weighted by Gasteiger charge is -1.96. The van der Waals surface area contributed by atoms with Crippen LogP contribution >= 0.6 is 11.6 Å². The third-order valence-corrected chi connectivity index (χ3v) is 2.10. The number of aliphatic hydroxyl groups is 1. The lowest BCUT2D eigenvalue weighted by Crippen LogP contribution is -1.99. The van der Waals surface area contributed by atoms with Crippen molar-refractivity contribution in [2.45, 2.75) is 6.42 Å². The molecule has 1 N–H and O–H groups in total. The standard InChI is InChI=1S/C9H9ClN4O/c10-7-1-3-8(4-2-7)14-12-9(5-6-15)11-13-14/h1-4,15H,5-6H2. The van der Waals surface area contributed by atoms with Crippen LogP contribution in [0.1, 0.15) is 5.82 Å². The zero-order valence-corrected chi connectivity index (χ0v) is 8.59. The van der Waals surface area contributed by atoms with Crippen LogP contribution in [0.5, 0.6) is 0 Å². The highest BCUT2D eigenvalue weighted by Crippen LogP contribution is 2.11. The van der Waals surface area contributed by atoms with E-state index in [9.17, 15) is 0 Å². The number of hydrogen-bond donors (Lipinski definition) is 1. The van der Waals surface area contributed by atoms with E-state index < -0.39 is 0 Å². The first-order valence-electron chi connectivity index (χ1n) is 4.45. The highest BCUT2D eigenvalue weighted by Gasteiger charge is 2.03. The zero-order chi connectivity index (χ0) is 10.7. The molecular weight excluding hydrogens is 216 g/mol. The van der Waals surface area contributed by atoms with Crippen LogP contribution in [0.15, 0.2) is 24.3 Å². The van der Waals surface area contributed by atoms with Gasteiger partial charge in [0.2, 0.25) is 0 Å². The Hall–Kier alpha value is -1.46. The van der Waals surface area contributed by atoms with Crippen molar-refractivity contribution < 1.29 is 5.11 Å². The van der Waals surface area contributed by atoms with Gasteiger partial charge >= 0.3 is 0 Å². The quantitative estimate of drug-likeness (QED) is 0.840. The molecule has 0 fully saturated rings. The molecule has 15 heavy (non-hydrogen) atoms. The van der Waals surface area contributed by atoms with Crippen LogP contribution in [0.3, 0.4) is 0 Å². The Morgan fingerprint density at radius 1 is 1.27 bits per heavy atom. The third-order valence-electron chi connectivity index (χ3n) is 1.85. The first kappa shape index (κ1) is 10.1. The monoisotopic (exact) mass is 224 g/mol. The molecule has 2 aromatic rings. The molecule has 78 valence electrons. The van der Waals surface area contributed by atoms with Crippen LogP contribution in [0, 0.1) is 0 Å².